The van der Waals surface area contributed by atoms with Crippen LogP contribution >= 0.6 is 11.8 Å². The SMILES string of the molecule is Cc1nc(CSCC(=O)N2CCC(C3OCCO3)CC2)no1. The molecule has 0 saturated carbocycles. The van der Waals surface area contributed by atoms with Gasteiger partial charge >= 0.3 is 0 Å². The summed E-state index contributed by atoms with van der Waals surface area (Å²) in [6.45, 7) is 4.71. The van der Waals surface area contributed by atoms with Crippen LogP contribution in [0.25, 0.3) is 0 Å². The molecule has 2 saturated heterocycles. The molecule has 0 N–H and O–H groups in total. The van der Waals surface area contributed by atoms with Gasteiger partial charge in [-0.25, -0.2) is 0 Å². The Labute approximate surface area is 133 Å². The number of likely N-dealkylation sites (tertiary alicyclic amines) is 1. The molecule has 1 aromatic rings. The molecule has 122 valence electrons. The second-order valence-electron chi connectivity index (χ2n) is 5.55. The van der Waals surface area contributed by atoms with Gasteiger partial charge in [-0.2, -0.15) is 4.98 Å². The topological polar surface area (TPSA) is 77.7 Å². The van der Waals surface area contributed by atoms with Gasteiger partial charge in [0.1, 0.15) is 0 Å². The van der Waals surface area contributed by atoms with Crippen LogP contribution in [0, 0.1) is 12.8 Å². The van der Waals surface area contributed by atoms with Crippen LogP contribution < -0.4 is 0 Å². The molecular weight excluding hydrogens is 306 g/mol. The molecular formula is C14H21N3O4S. The standard InChI is InChI=1S/C14H21N3O4S/c1-10-15-12(16-21-10)8-22-9-13(18)17-4-2-11(3-5-17)14-19-6-7-20-14/h11,14H,2-9H2,1H3. The zero-order valence-electron chi connectivity index (χ0n) is 12.7. The van der Waals surface area contributed by atoms with E-state index in [0.717, 1.165) is 25.9 Å². The van der Waals surface area contributed by atoms with E-state index in [1.54, 1.807) is 6.92 Å². The van der Waals surface area contributed by atoms with Gasteiger partial charge in [0.05, 0.1) is 24.7 Å². The second kappa shape index (κ2) is 7.43. The van der Waals surface area contributed by atoms with E-state index in [1.807, 2.05) is 4.90 Å². The summed E-state index contributed by atoms with van der Waals surface area (Å²) in [7, 11) is 0. The van der Waals surface area contributed by atoms with Gasteiger partial charge in [0, 0.05) is 25.9 Å². The van der Waals surface area contributed by atoms with Crippen LogP contribution in [0.1, 0.15) is 24.6 Å². The van der Waals surface area contributed by atoms with Gasteiger partial charge in [-0.3, -0.25) is 4.79 Å². The van der Waals surface area contributed by atoms with Gasteiger partial charge in [0.2, 0.25) is 11.8 Å². The summed E-state index contributed by atoms with van der Waals surface area (Å²) in [5, 5.41) is 3.82. The van der Waals surface area contributed by atoms with Gasteiger partial charge in [-0.15, -0.1) is 11.8 Å². The van der Waals surface area contributed by atoms with Crippen LogP contribution in [0.15, 0.2) is 4.52 Å². The molecule has 0 atom stereocenters. The third kappa shape index (κ3) is 3.99. The molecule has 1 aromatic heterocycles. The van der Waals surface area contributed by atoms with Crippen molar-refractivity contribution in [3.05, 3.63) is 11.7 Å². The first-order chi connectivity index (χ1) is 10.7. The van der Waals surface area contributed by atoms with Crippen molar-refractivity contribution >= 4 is 17.7 Å². The zero-order chi connectivity index (χ0) is 15.4. The summed E-state index contributed by atoms with van der Waals surface area (Å²) in [5.74, 6) is 2.85. The number of nitrogens with zero attached hydrogens (tertiary/aromatic N) is 3. The van der Waals surface area contributed by atoms with Crippen molar-refractivity contribution in [2.75, 3.05) is 32.1 Å². The maximum Gasteiger partial charge on any atom is 0.232 e. The van der Waals surface area contributed by atoms with E-state index in [2.05, 4.69) is 10.1 Å². The third-order valence-corrected chi connectivity index (χ3v) is 4.86. The van der Waals surface area contributed by atoms with Crippen molar-refractivity contribution in [2.24, 2.45) is 5.92 Å². The van der Waals surface area contributed by atoms with Gasteiger partial charge < -0.3 is 18.9 Å². The second-order valence-corrected chi connectivity index (χ2v) is 6.54. The molecule has 3 heterocycles. The van der Waals surface area contributed by atoms with Gasteiger partial charge in [0.15, 0.2) is 12.1 Å². The Balaban J connectivity index is 1.36. The maximum absolute atomic E-state index is 12.2. The summed E-state index contributed by atoms with van der Waals surface area (Å²) in [6, 6.07) is 0. The van der Waals surface area contributed by atoms with E-state index in [1.165, 1.54) is 11.8 Å². The number of amides is 1. The minimum atomic E-state index is -0.0619. The smallest absolute Gasteiger partial charge is 0.232 e. The summed E-state index contributed by atoms with van der Waals surface area (Å²) in [4.78, 5) is 18.3. The Morgan fingerprint density at radius 3 is 2.68 bits per heavy atom. The van der Waals surface area contributed by atoms with Crippen molar-refractivity contribution < 1.29 is 18.8 Å². The van der Waals surface area contributed by atoms with Crippen molar-refractivity contribution in [2.45, 2.75) is 31.8 Å². The number of piperidine rings is 1. The molecule has 2 fully saturated rings. The van der Waals surface area contributed by atoms with E-state index >= 15 is 0 Å². The van der Waals surface area contributed by atoms with Crippen molar-refractivity contribution in [1.29, 1.82) is 0 Å². The predicted molar refractivity (Wildman–Crippen MR) is 80.2 cm³/mol. The average molecular weight is 327 g/mol. The Hall–Kier alpha value is -1.12. The molecule has 3 rings (SSSR count). The lowest BCUT2D eigenvalue weighted by atomic mass is 9.96. The number of ether oxygens (including phenoxy) is 2. The average Bonchev–Trinajstić information content (AvgIpc) is 3.19. The van der Waals surface area contributed by atoms with E-state index in [-0.39, 0.29) is 12.2 Å². The molecule has 8 heteroatoms. The highest BCUT2D eigenvalue weighted by Gasteiger charge is 2.31. The number of hydrogen-bond acceptors (Lipinski definition) is 7. The van der Waals surface area contributed by atoms with Crippen molar-refractivity contribution in [1.82, 2.24) is 15.0 Å². The molecule has 0 aromatic carbocycles. The summed E-state index contributed by atoms with van der Waals surface area (Å²) < 4.78 is 16.0. The summed E-state index contributed by atoms with van der Waals surface area (Å²) in [6.07, 6.45) is 1.84. The Kier molecular flexibility index (Phi) is 5.32. The maximum atomic E-state index is 12.2. The Bertz CT molecular complexity index is 496. The van der Waals surface area contributed by atoms with Gasteiger partial charge in [0.25, 0.3) is 0 Å². The van der Waals surface area contributed by atoms with Crippen LogP contribution in [0.2, 0.25) is 0 Å². The van der Waals surface area contributed by atoms with Crippen LogP contribution in [0.3, 0.4) is 0 Å². The first kappa shape index (κ1) is 15.8. The molecule has 0 aliphatic carbocycles. The number of aromatic nitrogens is 2. The number of rotatable bonds is 5. The number of thioether (sulfide) groups is 1. The fourth-order valence-electron chi connectivity index (χ4n) is 2.79. The van der Waals surface area contributed by atoms with E-state index in [4.69, 9.17) is 14.0 Å². The number of carbonyl (C=O) groups excluding carboxylic acids is 1. The van der Waals surface area contributed by atoms with Crippen LogP contribution in [-0.4, -0.2) is 59.3 Å². The Morgan fingerprint density at radius 2 is 2.05 bits per heavy atom. The highest BCUT2D eigenvalue weighted by Crippen LogP contribution is 2.26. The highest BCUT2D eigenvalue weighted by atomic mass is 32.2. The zero-order valence-corrected chi connectivity index (χ0v) is 13.5. The quantitative estimate of drug-likeness (QED) is 0.804. The lowest BCUT2D eigenvalue weighted by Gasteiger charge is -2.33. The van der Waals surface area contributed by atoms with E-state index in [0.29, 0.717) is 42.4 Å². The van der Waals surface area contributed by atoms with E-state index < -0.39 is 0 Å². The van der Waals surface area contributed by atoms with Crippen molar-refractivity contribution in [3.63, 3.8) is 0 Å². The van der Waals surface area contributed by atoms with Gasteiger partial charge in [-0.1, -0.05) is 5.16 Å². The lowest BCUT2D eigenvalue weighted by Crippen LogP contribution is -2.42. The molecule has 0 unspecified atom stereocenters. The minimum absolute atomic E-state index is 0.0619. The first-order valence-electron chi connectivity index (χ1n) is 7.60. The fraction of sp³-hybridized carbons (Fsp3) is 0.786. The van der Waals surface area contributed by atoms with Gasteiger partial charge in [-0.05, 0) is 12.8 Å². The largest absolute Gasteiger partial charge is 0.350 e. The fourth-order valence-corrected chi connectivity index (χ4v) is 3.55. The van der Waals surface area contributed by atoms with Crippen LogP contribution in [0.5, 0.6) is 0 Å². The highest BCUT2D eigenvalue weighted by molar-refractivity contribution is 7.99. The minimum Gasteiger partial charge on any atom is -0.350 e. The van der Waals surface area contributed by atoms with Crippen LogP contribution in [-0.2, 0) is 20.0 Å². The molecule has 22 heavy (non-hydrogen) atoms. The van der Waals surface area contributed by atoms with Crippen molar-refractivity contribution in [3.8, 4) is 0 Å². The summed E-state index contributed by atoms with van der Waals surface area (Å²) >= 11 is 1.52. The number of carbonyl (C=O) groups is 1. The molecule has 2 aliphatic rings. The molecule has 7 nitrogen and oxygen atoms in total. The number of hydrogen-bond donors (Lipinski definition) is 0. The molecule has 1 amide bonds. The Morgan fingerprint density at radius 1 is 1.32 bits per heavy atom. The van der Waals surface area contributed by atoms with E-state index in [9.17, 15) is 4.79 Å². The first-order valence-corrected chi connectivity index (χ1v) is 8.76. The predicted octanol–water partition coefficient (Wildman–Crippen LogP) is 1.22. The molecule has 0 bridgehead atoms. The molecule has 0 spiro atoms. The number of aryl methyl sites for hydroxylation is 1. The normalized spacial score (nSPS) is 20.7. The monoisotopic (exact) mass is 327 g/mol. The summed E-state index contributed by atoms with van der Waals surface area (Å²) in [5.41, 5.74) is 0. The van der Waals surface area contributed by atoms with Crippen LogP contribution in [0.4, 0.5) is 0 Å². The lowest BCUT2D eigenvalue weighted by molar-refractivity contribution is -0.134. The molecule has 2 aliphatic heterocycles. The third-order valence-electron chi connectivity index (χ3n) is 3.95. The molecule has 0 radical (unpaired) electrons.